The van der Waals surface area contributed by atoms with E-state index in [-0.39, 0.29) is 12.8 Å². The molecule has 2 N–H and O–H groups in total. The Morgan fingerprint density at radius 3 is 2.12 bits per heavy atom. The molecule has 0 rings (SSSR count). The second-order valence-corrected chi connectivity index (χ2v) is 6.33. The van der Waals surface area contributed by atoms with Crippen LogP contribution in [0.1, 0.15) is 78.1 Å². The van der Waals surface area contributed by atoms with E-state index in [1.165, 1.54) is 45.4 Å². The van der Waals surface area contributed by atoms with Gasteiger partial charge in [0, 0.05) is 0 Å². The number of hydrogen-bond donors (Lipinski definition) is 2. The van der Waals surface area contributed by atoms with Gasteiger partial charge in [0.2, 0.25) is 0 Å². The maximum absolute atomic E-state index is 11.9. The smallest absolute Gasteiger partial charge is 0.344 e. The molecule has 0 saturated carbocycles. The highest BCUT2D eigenvalue weighted by Gasteiger charge is 2.25. The van der Waals surface area contributed by atoms with Crippen molar-refractivity contribution < 1.29 is 29.3 Å². The first-order chi connectivity index (χ1) is 11.9. The van der Waals surface area contributed by atoms with Gasteiger partial charge in [-0.25, -0.2) is 4.79 Å². The largest absolute Gasteiger partial charge is 0.481 e. The SMILES string of the molecule is CCCCCCCCC/C=C/CC(CC(=O)O)C(=O)OC(C)C(=O)O. The zero-order valence-corrected chi connectivity index (χ0v) is 15.4. The van der Waals surface area contributed by atoms with E-state index < -0.39 is 29.9 Å². The average Bonchev–Trinajstić information content (AvgIpc) is 2.54. The Morgan fingerprint density at radius 2 is 1.56 bits per heavy atom. The Labute approximate surface area is 150 Å². The number of unbranched alkanes of at least 4 members (excludes halogenated alkanes) is 7. The van der Waals surface area contributed by atoms with Crippen molar-refractivity contribution in [2.24, 2.45) is 5.92 Å². The first kappa shape index (κ1) is 23.1. The molecule has 6 heteroatoms. The van der Waals surface area contributed by atoms with Gasteiger partial charge in [-0.15, -0.1) is 0 Å². The molecule has 0 aromatic carbocycles. The number of carbonyl (C=O) groups is 3. The molecule has 144 valence electrons. The molecule has 0 spiro atoms. The van der Waals surface area contributed by atoms with Crippen molar-refractivity contribution in [3.8, 4) is 0 Å². The number of rotatable bonds is 15. The van der Waals surface area contributed by atoms with E-state index >= 15 is 0 Å². The molecular weight excluding hydrogens is 324 g/mol. The number of esters is 1. The Morgan fingerprint density at radius 1 is 0.960 bits per heavy atom. The minimum atomic E-state index is -1.28. The molecule has 0 heterocycles. The van der Waals surface area contributed by atoms with Gasteiger partial charge in [-0.2, -0.15) is 0 Å². The molecule has 2 unspecified atom stereocenters. The molecular formula is C19H32O6. The third kappa shape index (κ3) is 13.2. The molecule has 0 aliphatic rings. The van der Waals surface area contributed by atoms with Crippen LogP contribution in [-0.4, -0.2) is 34.2 Å². The highest BCUT2D eigenvalue weighted by molar-refractivity contribution is 5.82. The maximum atomic E-state index is 11.9. The summed E-state index contributed by atoms with van der Waals surface area (Å²) in [6.45, 7) is 3.44. The summed E-state index contributed by atoms with van der Waals surface area (Å²) in [5.41, 5.74) is 0. The Balaban J connectivity index is 4.11. The monoisotopic (exact) mass is 356 g/mol. The lowest BCUT2D eigenvalue weighted by Gasteiger charge is -2.14. The number of carboxylic acid groups (broad SMARTS) is 2. The van der Waals surface area contributed by atoms with Gasteiger partial charge in [-0.3, -0.25) is 9.59 Å². The van der Waals surface area contributed by atoms with E-state index in [4.69, 9.17) is 14.9 Å². The lowest BCUT2D eigenvalue weighted by atomic mass is 10.0. The second-order valence-electron chi connectivity index (χ2n) is 6.33. The van der Waals surface area contributed by atoms with Crippen LogP contribution in [0.4, 0.5) is 0 Å². The van der Waals surface area contributed by atoms with Gasteiger partial charge in [-0.05, 0) is 26.2 Å². The van der Waals surface area contributed by atoms with Crippen molar-refractivity contribution >= 4 is 17.9 Å². The molecule has 0 aliphatic carbocycles. The summed E-state index contributed by atoms with van der Waals surface area (Å²) in [6, 6.07) is 0. The zero-order valence-electron chi connectivity index (χ0n) is 15.4. The number of allylic oxidation sites excluding steroid dienone is 2. The molecule has 0 saturated heterocycles. The van der Waals surface area contributed by atoms with Crippen LogP contribution in [0, 0.1) is 5.92 Å². The van der Waals surface area contributed by atoms with Crippen LogP contribution in [0.2, 0.25) is 0 Å². The van der Waals surface area contributed by atoms with Crippen LogP contribution in [0.3, 0.4) is 0 Å². The minimum absolute atomic E-state index is 0.244. The van der Waals surface area contributed by atoms with Crippen LogP contribution >= 0.6 is 0 Å². The summed E-state index contributed by atoms with van der Waals surface area (Å²) >= 11 is 0. The minimum Gasteiger partial charge on any atom is -0.481 e. The lowest BCUT2D eigenvalue weighted by molar-refractivity contribution is -0.166. The van der Waals surface area contributed by atoms with Gasteiger partial charge >= 0.3 is 17.9 Å². The van der Waals surface area contributed by atoms with E-state index in [1.54, 1.807) is 6.08 Å². The van der Waals surface area contributed by atoms with Crippen LogP contribution in [-0.2, 0) is 19.1 Å². The molecule has 0 aromatic rings. The van der Waals surface area contributed by atoms with Gasteiger partial charge in [0.05, 0.1) is 12.3 Å². The molecule has 2 atom stereocenters. The van der Waals surface area contributed by atoms with Gasteiger partial charge < -0.3 is 14.9 Å². The van der Waals surface area contributed by atoms with E-state index in [9.17, 15) is 14.4 Å². The fourth-order valence-electron chi connectivity index (χ4n) is 2.39. The van der Waals surface area contributed by atoms with Crippen LogP contribution in [0.15, 0.2) is 12.2 Å². The summed E-state index contributed by atoms with van der Waals surface area (Å²) in [6.07, 6.45) is 11.8. The molecule has 0 aliphatic heterocycles. The van der Waals surface area contributed by atoms with Crippen molar-refractivity contribution in [2.75, 3.05) is 0 Å². The van der Waals surface area contributed by atoms with E-state index in [0.717, 1.165) is 12.8 Å². The Bertz CT molecular complexity index is 430. The summed E-state index contributed by atoms with van der Waals surface area (Å²) in [5, 5.41) is 17.6. The normalized spacial score (nSPS) is 13.5. The highest BCUT2D eigenvalue weighted by Crippen LogP contribution is 2.15. The number of carbonyl (C=O) groups excluding carboxylic acids is 1. The lowest BCUT2D eigenvalue weighted by Crippen LogP contribution is -2.29. The summed E-state index contributed by atoms with van der Waals surface area (Å²) in [5.74, 6) is -4.00. The molecule has 25 heavy (non-hydrogen) atoms. The summed E-state index contributed by atoms with van der Waals surface area (Å²) < 4.78 is 4.78. The van der Waals surface area contributed by atoms with Gasteiger partial charge in [0.25, 0.3) is 0 Å². The van der Waals surface area contributed by atoms with Crippen molar-refractivity contribution in [2.45, 2.75) is 84.2 Å². The van der Waals surface area contributed by atoms with Crippen molar-refractivity contribution in [1.82, 2.24) is 0 Å². The van der Waals surface area contributed by atoms with Gasteiger partial charge in [0.1, 0.15) is 0 Å². The molecule has 0 radical (unpaired) electrons. The number of carboxylic acids is 2. The standard InChI is InChI=1S/C19H32O6/c1-3-4-5-6-7-8-9-10-11-12-13-16(14-17(20)21)19(24)25-15(2)18(22)23/h11-12,15-16H,3-10,13-14H2,1-2H3,(H,20,21)(H,22,23)/b12-11+. The zero-order chi connectivity index (χ0) is 19.1. The number of aliphatic carboxylic acids is 2. The van der Waals surface area contributed by atoms with Gasteiger partial charge in [-0.1, -0.05) is 57.6 Å². The molecule has 0 bridgehead atoms. The topological polar surface area (TPSA) is 101 Å². The second kappa shape index (κ2) is 14.5. The molecule has 6 nitrogen and oxygen atoms in total. The fraction of sp³-hybridized carbons (Fsp3) is 0.737. The molecule has 0 aromatic heterocycles. The van der Waals surface area contributed by atoms with Gasteiger partial charge in [0.15, 0.2) is 6.10 Å². The summed E-state index contributed by atoms with van der Waals surface area (Å²) in [4.78, 5) is 33.5. The Hall–Kier alpha value is -1.85. The van der Waals surface area contributed by atoms with E-state index in [0.29, 0.717) is 0 Å². The summed E-state index contributed by atoms with van der Waals surface area (Å²) in [7, 11) is 0. The first-order valence-corrected chi connectivity index (χ1v) is 9.18. The number of hydrogen-bond acceptors (Lipinski definition) is 4. The van der Waals surface area contributed by atoms with Crippen LogP contribution in [0.5, 0.6) is 0 Å². The highest BCUT2D eigenvalue weighted by atomic mass is 16.6. The predicted molar refractivity (Wildman–Crippen MR) is 95.3 cm³/mol. The third-order valence-corrected chi connectivity index (χ3v) is 3.96. The van der Waals surface area contributed by atoms with Crippen molar-refractivity contribution in [3.05, 3.63) is 12.2 Å². The molecule has 0 fully saturated rings. The van der Waals surface area contributed by atoms with Crippen LogP contribution < -0.4 is 0 Å². The van der Waals surface area contributed by atoms with E-state index in [2.05, 4.69) is 6.92 Å². The number of ether oxygens (including phenoxy) is 1. The van der Waals surface area contributed by atoms with E-state index in [1.807, 2.05) is 6.08 Å². The van der Waals surface area contributed by atoms with Crippen molar-refractivity contribution in [3.63, 3.8) is 0 Å². The molecule has 0 amide bonds. The Kier molecular flexibility index (Phi) is 13.4. The van der Waals surface area contributed by atoms with Crippen LogP contribution in [0.25, 0.3) is 0 Å². The predicted octanol–water partition coefficient (Wildman–Crippen LogP) is 4.18. The fourth-order valence-corrected chi connectivity index (χ4v) is 2.39. The quantitative estimate of drug-likeness (QED) is 0.259. The average molecular weight is 356 g/mol. The van der Waals surface area contributed by atoms with Crippen molar-refractivity contribution in [1.29, 1.82) is 0 Å². The third-order valence-electron chi connectivity index (χ3n) is 3.96. The first-order valence-electron chi connectivity index (χ1n) is 9.18. The maximum Gasteiger partial charge on any atom is 0.344 e.